The number of hydrogen-bond acceptors (Lipinski definition) is 5. The third-order valence-corrected chi connectivity index (χ3v) is 6.92. The highest BCUT2D eigenvalue weighted by atomic mass is 32.2. The predicted octanol–water partition coefficient (Wildman–Crippen LogP) is 3.92. The fourth-order valence-corrected chi connectivity index (χ4v) is 4.72. The first-order chi connectivity index (χ1) is 12.5. The molecule has 1 saturated carbocycles. The van der Waals surface area contributed by atoms with Gasteiger partial charge in [0.25, 0.3) is 0 Å². The Bertz CT molecular complexity index is 744. The Morgan fingerprint density at radius 3 is 2.81 bits per heavy atom. The van der Waals surface area contributed by atoms with Crippen LogP contribution in [0.15, 0.2) is 23.7 Å². The van der Waals surface area contributed by atoms with Gasteiger partial charge in [-0.2, -0.15) is 4.39 Å². The number of nitrogens with one attached hydrogen (secondary N) is 2. The molecule has 2 aromatic rings. The average molecular weight is 398 g/mol. The molecule has 1 aliphatic carbocycles. The molecule has 0 bridgehead atoms. The molecule has 1 fully saturated rings. The molecule has 3 rings (SSSR count). The van der Waals surface area contributed by atoms with Crippen LogP contribution in [-0.2, 0) is 15.2 Å². The zero-order chi connectivity index (χ0) is 18.5. The van der Waals surface area contributed by atoms with Crippen molar-refractivity contribution in [1.82, 2.24) is 14.7 Å². The molecular formula is C18H26FN4OS2+. The molecule has 0 saturated heterocycles. The van der Waals surface area contributed by atoms with E-state index in [-0.39, 0.29) is 5.25 Å². The molecule has 1 aliphatic rings. The minimum Gasteiger partial charge on any atom is -0.359 e. The maximum Gasteiger partial charge on any atom is 0.222 e. The summed E-state index contributed by atoms with van der Waals surface area (Å²) >= 11 is 1.50. The van der Waals surface area contributed by atoms with E-state index in [0.29, 0.717) is 23.2 Å². The predicted molar refractivity (Wildman–Crippen MR) is 107 cm³/mol. The summed E-state index contributed by atoms with van der Waals surface area (Å²) in [5.41, 5.74) is 1.06. The lowest BCUT2D eigenvalue weighted by atomic mass is 9.86. The second-order valence-electron chi connectivity index (χ2n) is 7.02. The minimum atomic E-state index is -1.30. The third kappa shape index (κ3) is 5.08. The number of nitrogens with zero attached hydrogens (tertiary/aromatic N) is 2. The summed E-state index contributed by atoms with van der Waals surface area (Å²) in [6.07, 6.45) is 5.81. The summed E-state index contributed by atoms with van der Waals surface area (Å²) < 4.78 is 28.8. The van der Waals surface area contributed by atoms with Crippen LogP contribution < -0.4 is 10.0 Å². The summed E-state index contributed by atoms with van der Waals surface area (Å²) in [4.78, 5) is 8.19. The molecule has 0 spiro atoms. The largest absolute Gasteiger partial charge is 0.359 e. The van der Waals surface area contributed by atoms with E-state index in [0.717, 1.165) is 37.4 Å². The van der Waals surface area contributed by atoms with Crippen molar-refractivity contribution in [3.63, 3.8) is 0 Å². The lowest BCUT2D eigenvalue weighted by molar-refractivity contribution is 0.338. The molecule has 0 radical (unpaired) electrons. The van der Waals surface area contributed by atoms with Crippen LogP contribution in [-0.4, -0.2) is 27.8 Å². The van der Waals surface area contributed by atoms with Crippen LogP contribution >= 0.6 is 11.3 Å². The van der Waals surface area contributed by atoms with E-state index in [9.17, 15) is 8.60 Å². The summed E-state index contributed by atoms with van der Waals surface area (Å²) in [5.74, 6) is 0.0965. The van der Waals surface area contributed by atoms with Crippen LogP contribution in [0.3, 0.4) is 0 Å². The molecule has 0 amide bonds. The molecule has 8 heteroatoms. The zero-order valence-corrected chi connectivity index (χ0v) is 16.8. The van der Waals surface area contributed by atoms with Gasteiger partial charge < -0.3 is 5.32 Å². The van der Waals surface area contributed by atoms with Crippen molar-refractivity contribution >= 4 is 27.5 Å². The van der Waals surface area contributed by atoms with Crippen molar-refractivity contribution < 1.29 is 8.60 Å². The molecule has 142 valence electrons. The summed E-state index contributed by atoms with van der Waals surface area (Å²) in [6, 6.07) is 3.80. The summed E-state index contributed by atoms with van der Waals surface area (Å²) in [7, 11) is -1.30. The normalized spacial score (nSPS) is 21.7. The monoisotopic (exact) mass is 397 g/mol. The number of pyridine rings is 1. The van der Waals surface area contributed by atoms with Gasteiger partial charge in [-0.15, -0.1) is 16.1 Å². The van der Waals surface area contributed by atoms with Crippen LogP contribution in [0.4, 0.5) is 9.52 Å². The fraction of sp³-hybridized carbons (Fsp3) is 0.556. The van der Waals surface area contributed by atoms with Crippen LogP contribution in [0.25, 0.3) is 11.3 Å². The smallest absolute Gasteiger partial charge is 0.222 e. The SMILES string of the molecule is CC(C)[SH+](=O)NCC1CCC(Nc2nc(-c3cccnc3F)cs2)CC1. The van der Waals surface area contributed by atoms with Crippen molar-refractivity contribution in [3.05, 3.63) is 29.7 Å². The van der Waals surface area contributed by atoms with Crippen LogP contribution in [0.2, 0.25) is 0 Å². The highest BCUT2D eigenvalue weighted by Crippen LogP contribution is 2.30. The fourth-order valence-electron chi connectivity index (χ4n) is 3.13. The van der Waals surface area contributed by atoms with Crippen LogP contribution in [0.5, 0.6) is 0 Å². The van der Waals surface area contributed by atoms with E-state index in [1.165, 1.54) is 17.5 Å². The topological polar surface area (TPSA) is 66.9 Å². The van der Waals surface area contributed by atoms with Gasteiger partial charge in [0.15, 0.2) is 5.13 Å². The molecule has 2 N–H and O–H groups in total. The minimum absolute atomic E-state index is 0.187. The third-order valence-electron chi connectivity index (χ3n) is 4.72. The van der Waals surface area contributed by atoms with Crippen molar-refractivity contribution in [1.29, 1.82) is 0 Å². The molecule has 2 heterocycles. The van der Waals surface area contributed by atoms with Gasteiger partial charge in [0.05, 0.1) is 11.3 Å². The van der Waals surface area contributed by atoms with Gasteiger partial charge in [0.1, 0.15) is 16.2 Å². The van der Waals surface area contributed by atoms with E-state index in [2.05, 4.69) is 20.0 Å². The van der Waals surface area contributed by atoms with E-state index in [1.807, 2.05) is 19.2 Å². The Labute approximate surface area is 160 Å². The van der Waals surface area contributed by atoms with Gasteiger partial charge in [0.2, 0.25) is 5.95 Å². The number of rotatable bonds is 7. The van der Waals surface area contributed by atoms with Crippen molar-refractivity contribution in [2.24, 2.45) is 5.92 Å². The van der Waals surface area contributed by atoms with Gasteiger partial charge in [-0.25, -0.2) is 9.97 Å². The Balaban J connectivity index is 1.48. The number of anilines is 1. The summed E-state index contributed by atoms with van der Waals surface area (Å²) in [6.45, 7) is 4.79. The maximum atomic E-state index is 13.8. The van der Waals surface area contributed by atoms with Crippen molar-refractivity contribution in [2.75, 3.05) is 11.9 Å². The van der Waals surface area contributed by atoms with E-state index >= 15 is 0 Å². The van der Waals surface area contributed by atoms with Gasteiger partial charge in [0, 0.05) is 24.2 Å². The van der Waals surface area contributed by atoms with Crippen LogP contribution in [0, 0.1) is 11.9 Å². The van der Waals surface area contributed by atoms with E-state index in [1.54, 1.807) is 12.1 Å². The summed E-state index contributed by atoms with van der Waals surface area (Å²) in [5, 5.41) is 6.36. The molecule has 0 aromatic carbocycles. The second-order valence-corrected chi connectivity index (χ2v) is 9.88. The Hall–Kier alpha value is -1.38. The number of halogens is 1. The lowest BCUT2D eigenvalue weighted by Gasteiger charge is -2.28. The first-order valence-electron chi connectivity index (χ1n) is 9.05. The van der Waals surface area contributed by atoms with Gasteiger partial charge in [-0.1, -0.05) is 4.21 Å². The molecule has 1 unspecified atom stereocenters. The lowest BCUT2D eigenvalue weighted by Crippen LogP contribution is -2.33. The number of hydrogen-bond donors (Lipinski definition) is 2. The molecule has 0 aliphatic heterocycles. The zero-order valence-electron chi connectivity index (χ0n) is 15.1. The highest BCUT2D eigenvalue weighted by Gasteiger charge is 2.23. The van der Waals surface area contributed by atoms with Crippen LogP contribution in [0.1, 0.15) is 39.5 Å². The number of aromatic nitrogens is 2. The number of thiazole rings is 1. The van der Waals surface area contributed by atoms with Gasteiger partial charge >= 0.3 is 0 Å². The van der Waals surface area contributed by atoms with Crippen molar-refractivity contribution in [3.8, 4) is 11.3 Å². The molecule has 2 aromatic heterocycles. The number of thiol groups is 1. The maximum absolute atomic E-state index is 13.8. The Morgan fingerprint density at radius 2 is 2.12 bits per heavy atom. The van der Waals surface area contributed by atoms with E-state index < -0.39 is 16.9 Å². The standard InChI is InChI=1S/C18H25FN4OS2/c1-12(2)26(24)21-10-13-5-7-14(8-6-13)22-18-23-16(11-25-18)15-4-3-9-20-17(15)19/h3-4,9,11-14H,5-8,10H2,1-2H3,(H,21,24)(H,22,23)/p+1. The molecule has 26 heavy (non-hydrogen) atoms. The first-order valence-corrected chi connectivity index (χ1v) is 11.3. The first kappa shape index (κ1) is 19.4. The Kier molecular flexibility index (Phi) is 6.72. The molecule has 1 atom stereocenters. The average Bonchev–Trinajstić information content (AvgIpc) is 3.09. The van der Waals surface area contributed by atoms with Gasteiger partial charge in [-0.05, 0) is 57.6 Å². The quantitative estimate of drug-likeness (QED) is 0.422. The molecule has 5 nitrogen and oxygen atoms in total. The van der Waals surface area contributed by atoms with Crippen molar-refractivity contribution in [2.45, 2.75) is 50.8 Å². The second kappa shape index (κ2) is 9.01. The van der Waals surface area contributed by atoms with Gasteiger partial charge in [-0.3, -0.25) is 0 Å². The highest BCUT2D eigenvalue weighted by molar-refractivity contribution is 7.83. The Morgan fingerprint density at radius 1 is 1.35 bits per heavy atom. The molecular weight excluding hydrogens is 371 g/mol. The van der Waals surface area contributed by atoms with E-state index in [4.69, 9.17) is 0 Å².